The van der Waals surface area contributed by atoms with Crippen LogP contribution in [0.1, 0.15) is 17.8 Å². The molecule has 2 aromatic rings. The number of hydrogen-bond donors (Lipinski definition) is 2. The number of carbonyl (C=O) groups is 1. The predicted octanol–water partition coefficient (Wildman–Crippen LogP) is 0.890. The second-order valence-electron chi connectivity index (χ2n) is 6.55. The number of amides is 1. The van der Waals surface area contributed by atoms with Crippen LogP contribution in [0.2, 0.25) is 0 Å². The highest BCUT2D eigenvalue weighted by molar-refractivity contribution is 5.83. The summed E-state index contributed by atoms with van der Waals surface area (Å²) in [5.74, 6) is 0.638. The molecule has 7 nitrogen and oxygen atoms in total. The summed E-state index contributed by atoms with van der Waals surface area (Å²) < 4.78 is 7.89. The molecular formula is C18H23N5O2. The van der Waals surface area contributed by atoms with Crippen molar-refractivity contribution in [2.75, 3.05) is 25.0 Å². The van der Waals surface area contributed by atoms with Crippen LogP contribution in [0, 0.1) is 0 Å². The number of ether oxygens (including phenoxy) is 1. The van der Waals surface area contributed by atoms with Gasteiger partial charge in [-0.2, -0.15) is 5.10 Å². The Hall–Kier alpha value is -2.54. The zero-order valence-electron chi connectivity index (χ0n) is 14.4. The molecule has 0 spiro atoms. The van der Waals surface area contributed by atoms with E-state index in [9.17, 15) is 4.79 Å². The normalized spacial score (nSPS) is 19.4. The third kappa shape index (κ3) is 3.32. The molecule has 4 rings (SSSR count). The van der Waals surface area contributed by atoms with E-state index in [0.717, 1.165) is 43.2 Å². The van der Waals surface area contributed by atoms with Crippen LogP contribution >= 0.6 is 0 Å². The minimum absolute atomic E-state index is 0.109. The molecule has 1 aromatic carbocycles. The number of hydrogen-bond acceptors (Lipinski definition) is 5. The van der Waals surface area contributed by atoms with Gasteiger partial charge < -0.3 is 20.3 Å². The van der Waals surface area contributed by atoms with Crippen molar-refractivity contribution in [1.82, 2.24) is 20.4 Å². The van der Waals surface area contributed by atoms with Crippen molar-refractivity contribution in [3.8, 4) is 5.75 Å². The van der Waals surface area contributed by atoms with Crippen LogP contribution in [0.25, 0.3) is 0 Å². The quantitative estimate of drug-likeness (QED) is 0.868. The second kappa shape index (κ2) is 6.76. The molecule has 1 atom stereocenters. The highest BCUT2D eigenvalue weighted by Gasteiger charge is 2.28. The van der Waals surface area contributed by atoms with E-state index < -0.39 is 6.10 Å². The summed E-state index contributed by atoms with van der Waals surface area (Å²) in [5.41, 5.74) is 3.07. The van der Waals surface area contributed by atoms with Crippen molar-refractivity contribution < 1.29 is 9.53 Å². The molecule has 2 N–H and O–H groups in total. The predicted molar refractivity (Wildman–Crippen MR) is 94.5 cm³/mol. The lowest BCUT2D eigenvalue weighted by molar-refractivity contribution is -0.128. The highest BCUT2D eigenvalue weighted by Crippen LogP contribution is 2.31. The number of para-hydroxylation sites is 2. The van der Waals surface area contributed by atoms with Gasteiger partial charge in [0.15, 0.2) is 6.10 Å². The third-order valence-corrected chi connectivity index (χ3v) is 4.67. The lowest BCUT2D eigenvalue weighted by Gasteiger charge is -2.32. The summed E-state index contributed by atoms with van der Waals surface area (Å²) in [6, 6.07) is 9.83. The number of carbonyl (C=O) groups excluding carboxylic acids is 1. The first kappa shape index (κ1) is 16.0. The number of fused-ring (bicyclic) bond motifs is 2. The molecule has 7 heteroatoms. The van der Waals surface area contributed by atoms with Gasteiger partial charge in [0.2, 0.25) is 0 Å². The number of benzene rings is 1. The first-order valence-corrected chi connectivity index (χ1v) is 8.71. The van der Waals surface area contributed by atoms with Crippen LogP contribution in [0.5, 0.6) is 5.75 Å². The Morgan fingerprint density at radius 2 is 2.32 bits per heavy atom. The van der Waals surface area contributed by atoms with Gasteiger partial charge in [-0.05, 0) is 31.2 Å². The summed E-state index contributed by atoms with van der Waals surface area (Å²) >= 11 is 0. The van der Waals surface area contributed by atoms with Gasteiger partial charge in [-0.3, -0.25) is 9.48 Å². The van der Waals surface area contributed by atoms with Gasteiger partial charge in [-0.25, -0.2) is 0 Å². The lowest BCUT2D eigenvalue weighted by Crippen LogP contribution is -2.47. The van der Waals surface area contributed by atoms with Gasteiger partial charge in [0.25, 0.3) is 5.91 Å². The van der Waals surface area contributed by atoms with Gasteiger partial charge in [0.05, 0.1) is 30.2 Å². The fourth-order valence-electron chi connectivity index (χ4n) is 3.35. The smallest absolute Gasteiger partial charge is 0.263 e. The highest BCUT2D eigenvalue weighted by atomic mass is 16.5. The van der Waals surface area contributed by atoms with E-state index in [0.29, 0.717) is 13.1 Å². The number of nitrogens with one attached hydrogen (secondary N) is 2. The molecule has 0 saturated carbocycles. The molecule has 132 valence electrons. The van der Waals surface area contributed by atoms with Crippen LogP contribution in [0.15, 0.2) is 30.3 Å². The summed E-state index contributed by atoms with van der Waals surface area (Å²) in [6.45, 7) is 3.72. The number of aryl methyl sites for hydroxylation is 1. The largest absolute Gasteiger partial charge is 0.477 e. The number of rotatable bonds is 3. The standard InChI is InChI=1S/C18H23N5O2/c1-22-12-17(25-16-6-3-2-5-15(16)22)18(24)20-10-13-9-14-11-19-7-4-8-23(14)21-13/h2-3,5-6,9,17,19H,4,7-8,10-12H2,1H3,(H,20,24)/t17-/m0/s1. The molecule has 1 amide bonds. The average Bonchev–Trinajstić information content (AvgIpc) is 2.89. The molecular weight excluding hydrogens is 318 g/mol. The van der Waals surface area contributed by atoms with Crippen molar-refractivity contribution >= 4 is 11.6 Å². The first-order chi connectivity index (χ1) is 12.2. The maximum absolute atomic E-state index is 12.5. The fraction of sp³-hybridized carbons (Fsp3) is 0.444. The maximum atomic E-state index is 12.5. The maximum Gasteiger partial charge on any atom is 0.263 e. The number of anilines is 1. The fourth-order valence-corrected chi connectivity index (χ4v) is 3.35. The van der Waals surface area contributed by atoms with Crippen molar-refractivity contribution in [1.29, 1.82) is 0 Å². The van der Waals surface area contributed by atoms with Gasteiger partial charge in [0.1, 0.15) is 5.75 Å². The lowest BCUT2D eigenvalue weighted by atomic mass is 10.2. The van der Waals surface area contributed by atoms with E-state index >= 15 is 0 Å². The Balaban J connectivity index is 1.38. The molecule has 2 aliphatic heterocycles. The van der Waals surface area contributed by atoms with Crippen LogP contribution in [-0.4, -0.2) is 41.9 Å². The van der Waals surface area contributed by atoms with Gasteiger partial charge >= 0.3 is 0 Å². The first-order valence-electron chi connectivity index (χ1n) is 8.71. The molecule has 0 bridgehead atoms. The minimum atomic E-state index is -0.512. The Bertz CT molecular complexity index is 749. The topological polar surface area (TPSA) is 71.4 Å². The molecule has 0 fully saturated rings. The van der Waals surface area contributed by atoms with Crippen LogP contribution in [0.4, 0.5) is 5.69 Å². The Morgan fingerprint density at radius 3 is 3.24 bits per heavy atom. The monoisotopic (exact) mass is 341 g/mol. The van der Waals surface area contributed by atoms with Crippen molar-refractivity contribution in [3.63, 3.8) is 0 Å². The van der Waals surface area contributed by atoms with Crippen LogP contribution in [0.3, 0.4) is 0 Å². The van der Waals surface area contributed by atoms with Gasteiger partial charge in [-0.15, -0.1) is 0 Å². The van der Waals surface area contributed by atoms with Crippen LogP contribution in [-0.2, 0) is 24.4 Å². The summed E-state index contributed by atoms with van der Waals surface area (Å²) in [6.07, 6.45) is 0.560. The van der Waals surface area contributed by atoms with E-state index in [2.05, 4.69) is 21.8 Å². The van der Waals surface area contributed by atoms with Crippen molar-refractivity contribution in [2.24, 2.45) is 0 Å². The third-order valence-electron chi connectivity index (χ3n) is 4.67. The van der Waals surface area contributed by atoms with E-state index in [1.807, 2.05) is 40.9 Å². The number of likely N-dealkylation sites (N-methyl/N-ethyl adjacent to an activating group) is 1. The molecule has 25 heavy (non-hydrogen) atoms. The summed E-state index contributed by atoms with van der Waals surface area (Å²) in [5, 5.41) is 10.9. The molecule has 1 aromatic heterocycles. The Labute approximate surface area is 147 Å². The molecule has 2 aliphatic rings. The molecule has 0 saturated heterocycles. The number of nitrogens with zero attached hydrogens (tertiary/aromatic N) is 3. The molecule has 0 unspecified atom stereocenters. The second-order valence-corrected chi connectivity index (χ2v) is 6.55. The van der Waals surface area contributed by atoms with Crippen molar-refractivity contribution in [3.05, 3.63) is 41.7 Å². The van der Waals surface area contributed by atoms with Gasteiger partial charge in [-0.1, -0.05) is 12.1 Å². The zero-order valence-corrected chi connectivity index (χ0v) is 14.4. The summed E-state index contributed by atoms with van der Waals surface area (Å²) in [7, 11) is 1.97. The molecule has 3 heterocycles. The zero-order chi connectivity index (χ0) is 17.2. The number of aromatic nitrogens is 2. The minimum Gasteiger partial charge on any atom is -0.477 e. The molecule has 0 radical (unpaired) electrons. The van der Waals surface area contributed by atoms with E-state index in [-0.39, 0.29) is 5.91 Å². The average molecular weight is 341 g/mol. The van der Waals surface area contributed by atoms with Crippen LogP contribution < -0.4 is 20.3 Å². The summed E-state index contributed by atoms with van der Waals surface area (Å²) in [4.78, 5) is 14.6. The Morgan fingerprint density at radius 1 is 1.44 bits per heavy atom. The van der Waals surface area contributed by atoms with E-state index in [4.69, 9.17) is 4.74 Å². The molecule has 0 aliphatic carbocycles. The van der Waals surface area contributed by atoms with E-state index in [1.54, 1.807) is 0 Å². The Kier molecular flexibility index (Phi) is 4.31. The van der Waals surface area contributed by atoms with E-state index in [1.165, 1.54) is 5.69 Å². The SMILES string of the molecule is CN1C[C@@H](C(=O)NCc2cc3n(n2)CCCNC3)Oc2ccccc21. The van der Waals surface area contributed by atoms with Gasteiger partial charge in [0, 0.05) is 20.1 Å². The van der Waals surface area contributed by atoms with Crippen molar-refractivity contribution in [2.45, 2.75) is 32.2 Å².